The van der Waals surface area contributed by atoms with Crippen molar-refractivity contribution in [1.82, 2.24) is 15.4 Å². The van der Waals surface area contributed by atoms with Crippen LogP contribution in [0.1, 0.15) is 6.42 Å². The molecule has 0 aliphatic carbocycles. The monoisotopic (exact) mass is 283 g/mol. The number of aliphatic hydroxyl groups excluding tert-OH is 1. The lowest BCUT2D eigenvalue weighted by molar-refractivity contribution is -0.146. The normalized spacial score (nSPS) is 12.8. The molecule has 0 heterocycles. The summed E-state index contributed by atoms with van der Waals surface area (Å²) in [6.45, 7) is -0.103. The average Bonchev–Trinajstić information content (AvgIpc) is 2.28. The van der Waals surface area contributed by atoms with Crippen LogP contribution in [0.15, 0.2) is 0 Å². The van der Waals surface area contributed by atoms with Crippen molar-refractivity contribution in [2.24, 2.45) is 0 Å². The Hall–Kier alpha value is -1.39. The van der Waals surface area contributed by atoms with E-state index in [0.717, 1.165) is 0 Å². The van der Waals surface area contributed by atoms with Crippen LogP contribution < -0.4 is 15.4 Å². The smallest absolute Gasteiger partial charge is 0.332 e. The Kier molecular flexibility index (Phi) is 7.24. The third-order valence-electron chi connectivity index (χ3n) is 1.96. The minimum Gasteiger partial charge on any atom is -0.479 e. The van der Waals surface area contributed by atoms with E-state index in [4.69, 9.17) is 10.2 Å². The van der Waals surface area contributed by atoms with Crippen molar-refractivity contribution in [2.75, 3.05) is 25.9 Å². The van der Waals surface area contributed by atoms with Gasteiger partial charge in [0, 0.05) is 19.5 Å². The molecule has 0 radical (unpaired) electrons. The first-order valence-corrected chi connectivity index (χ1v) is 6.77. The van der Waals surface area contributed by atoms with Gasteiger partial charge >= 0.3 is 12.0 Å². The zero-order valence-corrected chi connectivity index (χ0v) is 10.7. The number of carbonyl (C=O) groups is 2. The van der Waals surface area contributed by atoms with Crippen LogP contribution in [0.4, 0.5) is 4.79 Å². The van der Waals surface area contributed by atoms with Crippen LogP contribution in [0.3, 0.4) is 0 Å². The molecule has 106 valence electrons. The Bertz CT molecular complexity index is 382. The van der Waals surface area contributed by atoms with E-state index in [2.05, 4.69) is 15.4 Å². The molecule has 0 aromatic carbocycles. The molecule has 10 heteroatoms. The number of carbonyl (C=O) groups excluding carboxylic acids is 1. The van der Waals surface area contributed by atoms with Crippen molar-refractivity contribution in [3.63, 3.8) is 0 Å². The SMILES string of the molecule is CNS(=O)(=O)CCNC(=O)NCC[C@H](O)C(=O)O. The maximum Gasteiger partial charge on any atom is 0.332 e. The molecule has 0 aromatic rings. The number of nitrogens with one attached hydrogen (secondary N) is 3. The van der Waals surface area contributed by atoms with E-state index < -0.39 is 28.1 Å². The van der Waals surface area contributed by atoms with E-state index in [1.54, 1.807) is 0 Å². The maximum atomic E-state index is 11.1. The largest absolute Gasteiger partial charge is 0.479 e. The molecular weight excluding hydrogens is 266 g/mol. The highest BCUT2D eigenvalue weighted by Crippen LogP contribution is 1.89. The Balaban J connectivity index is 3.70. The Morgan fingerprint density at radius 2 is 1.78 bits per heavy atom. The van der Waals surface area contributed by atoms with Crippen LogP contribution in [-0.2, 0) is 14.8 Å². The number of carboxylic acids is 1. The van der Waals surface area contributed by atoms with Crippen LogP contribution in [0.5, 0.6) is 0 Å². The average molecular weight is 283 g/mol. The lowest BCUT2D eigenvalue weighted by Crippen LogP contribution is -2.40. The summed E-state index contributed by atoms with van der Waals surface area (Å²) in [5, 5.41) is 21.8. The van der Waals surface area contributed by atoms with E-state index in [1.807, 2.05) is 0 Å². The maximum absolute atomic E-state index is 11.1. The number of hydrogen-bond donors (Lipinski definition) is 5. The molecule has 0 aromatic heterocycles. The second-order valence-electron chi connectivity index (χ2n) is 3.35. The molecule has 0 rings (SSSR count). The van der Waals surface area contributed by atoms with Crippen LogP contribution in [0.2, 0.25) is 0 Å². The minimum absolute atomic E-state index is 0.0297. The topological polar surface area (TPSA) is 145 Å². The van der Waals surface area contributed by atoms with Gasteiger partial charge in [0.15, 0.2) is 6.10 Å². The first-order chi connectivity index (χ1) is 8.28. The van der Waals surface area contributed by atoms with Crippen molar-refractivity contribution >= 4 is 22.0 Å². The van der Waals surface area contributed by atoms with Crippen LogP contribution in [-0.4, -0.2) is 62.6 Å². The number of sulfonamides is 1. The Morgan fingerprint density at radius 1 is 1.22 bits per heavy atom. The first-order valence-electron chi connectivity index (χ1n) is 5.12. The van der Waals surface area contributed by atoms with Crippen LogP contribution >= 0.6 is 0 Å². The lowest BCUT2D eigenvalue weighted by Gasteiger charge is -2.09. The number of aliphatic hydroxyl groups is 1. The van der Waals surface area contributed by atoms with Crippen LogP contribution in [0.25, 0.3) is 0 Å². The molecule has 0 saturated carbocycles. The molecule has 18 heavy (non-hydrogen) atoms. The summed E-state index contributed by atoms with van der Waals surface area (Å²) >= 11 is 0. The van der Waals surface area contributed by atoms with Gasteiger partial charge in [-0.05, 0) is 7.05 Å². The van der Waals surface area contributed by atoms with Gasteiger partial charge < -0.3 is 20.8 Å². The summed E-state index contributed by atoms with van der Waals surface area (Å²) in [4.78, 5) is 21.3. The van der Waals surface area contributed by atoms with Gasteiger partial charge in [-0.15, -0.1) is 0 Å². The molecule has 5 N–H and O–H groups in total. The lowest BCUT2D eigenvalue weighted by atomic mass is 10.2. The number of carboxylic acid groups (broad SMARTS) is 1. The molecule has 1 atom stereocenters. The highest BCUT2D eigenvalue weighted by Gasteiger charge is 2.13. The van der Waals surface area contributed by atoms with Gasteiger partial charge in [-0.2, -0.15) is 0 Å². The fourth-order valence-electron chi connectivity index (χ4n) is 0.909. The quantitative estimate of drug-likeness (QED) is 0.338. The second-order valence-corrected chi connectivity index (χ2v) is 5.39. The molecule has 0 aliphatic rings. The van der Waals surface area contributed by atoms with Gasteiger partial charge in [-0.25, -0.2) is 22.7 Å². The Labute approximate surface area is 105 Å². The summed E-state index contributed by atoms with van der Waals surface area (Å²) < 4.78 is 24.0. The standard InChI is InChI=1S/C8H17N3O6S/c1-9-18(16,17)5-4-11-8(15)10-3-2-6(12)7(13)14/h6,9,12H,2-5H2,1H3,(H,13,14)(H2,10,11,15)/t6-/m0/s1. The molecule has 0 aliphatic heterocycles. The third-order valence-corrected chi connectivity index (χ3v) is 3.32. The van der Waals surface area contributed by atoms with Crippen molar-refractivity contribution in [3.05, 3.63) is 0 Å². The predicted octanol–water partition coefficient (Wildman–Crippen LogP) is -2.33. The van der Waals surface area contributed by atoms with Crippen molar-refractivity contribution in [3.8, 4) is 0 Å². The molecular formula is C8H17N3O6S. The van der Waals surface area contributed by atoms with Gasteiger partial charge in [-0.1, -0.05) is 0 Å². The van der Waals surface area contributed by atoms with E-state index in [9.17, 15) is 18.0 Å². The third kappa shape index (κ3) is 7.81. The fourth-order valence-corrected chi connectivity index (χ4v) is 1.48. The first kappa shape index (κ1) is 16.6. The number of hydrogen-bond acceptors (Lipinski definition) is 5. The van der Waals surface area contributed by atoms with Crippen molar-refractivity contribution in [1.29, 1.82) is 0 Å². The van der Waals surface area contributed by atoms with E-state index in [0.29, 0.717) is 0 Å². The van der Waals surface area contributed by atoms with Gasteiger partial charge in [0.25, 0.3) is 0 Å². The van der Waals surface area contributed by atoms with E-state index >= 15 is 0 Å². The van der Waals surface area contributed by atoms with Crippen LogP contribution in [0, 0.1) is 0 Å². The molecule has 0 bridgehead atoms. The number of amides is 2. The summed E-state index contributed by atoms with van der Waals surface area (Å²) in [5.74, 6) is -1.62. The summed E-state index contributed by atoms with van der Waals surface area (Å²) in [5.41, 5.74) is 0. The van der Waals surface area contributed by atoms with Gasteiger partial charge in [0.2, 0.25) is 10.0 Å². The molecule has 0 unspecified atom stereocenters. The van der Waals surface area contributed by atoms with Crippen molar-refractivity contribution < 1.29 is 28.2 Å². The van der Waals surface area contributed by atoms with Gasteiger partial charge in [0.1, 0.15) is 0 Å². The number of urea groups is 1. The highest BCUT2D eigenvalue weighted by molar-refractivity contribution is 7.89. The minimum atomic E-state index is -3.37. The van der Waals surface area contributed by atoms with E-state index in [1.165, 1.54) is 7.05 Å². The molecule has 0 fully saturated rings. The molecule has 2 amide bonds. The fraction of sp³-hybridized carbons (Fsp3) is 0.750. The predicted molar refractivity (Wildman–Crippen MR) is 62.5 cm³/mol. The van der Waals surface area contributed by atoms with E-state index in [-0.39, 0.29) is 25.3 Å². The molecule has 0 spiro atoms. The summed E-state index contributed by atoms with van der Waals surface area (Å²) in [7, 11) is -2.10. The number of rotatable bonds is 8. The second kappa shape index (κ2) is 7.84. The molecule has 9 nitrogen and oxygen atoms in total. The summed E-state index contributed by atoms with van der Waals surface area (Å²) in [6, 6.07) is -0.626. The highest BCUT2D eigenvalue weighted by atomic mass is 32.2. The van der Waals surface area contributed by atoms with Crippen molar-refractivity contribution in [2.45, 2.75) is 12.5 Å². The zero-order chi connectivity index (χ0) is 14.2. The number of aliphatic carboxylic acids is 1. The Morgan fingerprint density at radius 3 is 2.28 bits per heavy atom. The molecule has 0 saturated heterocycles. The van der Waals surface area contributed by atoms with Gasteiger partial charge in [-0.3, -0.25) is 0 Å². The van der Waals surface area contributed by atoms with Gasteiger partial charge in [0.05, 0.1) is 5.75 Å². The summed E-state index contributed by atoms with van der Waals surface area (Å²) in [6.07, 6.45) is -1.66. The zero-order valence-electron chi connectivity index (χ0n) is 9.84.